The molecule has 1 saturated heterocycles. The summed E-state index contributed by atoms with van der Waals surface area (Å²) in [5.41, 5.74) is -1.83. The van der Waals surface area contributed by atoms with E-state index in [-0.39, 0.29) is 37.4 Å². The van der Waals surface area contributed by atoms with E-state index in [9.17, 15) is 37.5 Å². The average Bonchev–Trinajstić information content (AvgIpc) is 3.87. The standard InChI is InChI=1S/C38H52FN5O9S/c1-21-10-7-8-11-24-18-38(24,33(47)42-54(51,52)37(6)14-15-37)41-31(45)28-17-23(30-25-12-9-13-27(39)26(25)20-44(30)35(49)50)19-43(28)32(46)29(22(2)16-21)40-34(48)53-36(3,4)5/h8-9,11-13,21-24,28-30H,7,10,14-20H2,1-6H3,(H,40,48)(H,41,45)(H,42,47)(H,49,50)/b11-8-/t21-,22-,23-,24-,28+,29+,30?,38-/m1/s1. The van der Waals surface area contributed by atoms with Crippen molar-refractivity contribution in [1.82, 2.24) is 25.2 Å². The SMILES string of the molecule is C[C@@H]1CC/C=C\[C@@H]2C[C@@]2(C(=O)NS(=O)(=O)C2(C)CC2)NC(=O)[C@@H]2C[C@@H](C3c4cccc(F)c4CN3C(=O)O)CN2C(=O)[C@@H](NC(=O)OC(C)(C)C)[C@H](C)C1. The lowest BCUT2D eigenvalue weighted by Crippen LogP contribution is -2.59. The predicted octanol–water partition coefficient (Wildman–Crippen LogP) is 4.36. The number of carbonyl (C=O) groups is 5. The number of nitrogens with zero attached hydrogens (tertiary/aromatic N) is 2. The highest BCUT2D eigenvalue weighted by Crippen LogP contribution is 2.49. The van der Waals surface area contributed by atoms with Crippen LogP contribution >= 0.6 is 0 Å². The van der Waals surface area contributed by atoms with E-state index in [4.69, 9.17) is 4.74 Å². The number of rotatable bonds is 5. The number of carbonyl (C=O) groups excluding carboxylic acids is 4. The number of halogens is 1. The highest BCUT2D eigenvalue weighted by Gasteiger charge is 2.63. The first-order chi connectivity index (χ1) is 25.2. The molecule has 2 saturated carbocycles. The highest BCUT2D eigenvalue weighted by molar-refractivity contribution is 7.91. The first-order valence-electron chi connectivity index (χ1n) is 18.8. The van der Waals surface area contributed by atoms with Crippen molar-refractivity contribution in [2.75, 3.05) is 6.54 Å². The largest absolute Gasteiger partial charge is 0.465 e. The zero-order valence-electron chi connectivity index (χ0n) is 31.7. The van der Waals surface area contributed by atoms with Crippen molar-refractivity contribution in [1.29, 1.82) is 0 Å². The molecule has 2 aliphatic carbocycles. The predicted molar refractivity (Wildman–Crippen MR) is 194 cm³/mol. The van der Waals surface area contributed by atoms with Gasteiger partial charge in [-0.1, -0.05) is 38.1 Å². The van der Waals surface area contributed by atoms with Gasteiger partial charge in [0.25, 0.3) is 5.91 Å². The van der Waals surface area contributed by atoms with Crippen molar-refractivity contribution in [3.63, 3.8) is 0 Å². The van der Waals surface area contributed by atoms with Gasteiger partial charge in [0.1, 0.15) is 29.0 Å². The second kappa shape index (κ2) is 14.1. The third kappa shape index (κ3) is 7.67. The summed E-state index contributed by atoms with van der Waals surface area (Å²) >= 11 is 0. The molecule has 5 aliphatic rings. The number of hydrogen-bond acceptors (Lipinski definition) is 8. The van der Waals surface area contributed by atoms with E-state index in [0.29, 0.717) is 31.2 Å². The molecule has 5 amide bonds. The summed E-state index contributed by atoms with van der Waals surface area (Å²) in [5.74, 6) is -4.27. The van der Waals surface area contributed by atoms with Crippen LogP contribution in [0.3, 0.4) is 0 Å². The number of fused-ring (bicyclic) bond motifs is 3. The minimum Gasteiger partial charge on any atom is -0.465 e. The molecule has 4 N–H and O–H groups in total. The third-order valence-electron chi connectivity index (χ3n) is 11.8. The molecule has 3 fully saturated rings. The molecule has 0 radical (unpaired) electrons. The highest BCUT2D eigenvalue weighted by atomic mass is 32.2. The number of hydrogen-bond donors (Lipinski definition) is 4. The van der Waals surface area contributed by atoms with Gasteiger partial charge in [-0.2, -0.15) is 0 Å². The van der Waals surface area contributed by atoms with E-state index in [1.165, 1.54) is 17.0 Å². The van der Waals surface area contributed by atoms with Crippen LogP contribution in [-0.4, -0.2) is 87.7 Å². The van der Waals surface area contributed by atoms with Crippen LogP contribution in [0.15, 0.2) is 30.4 Å². The van der Waals surface area contributed by atoms with Gasteiger partial charge in [0, 0.05) is 23.9 Å². The molecule has 6 rings (SSSR count). The minimum atomic E-state index is -4.05. The molecule has 3 heterocycles. The molecule has 14 nitrogen and oxygen atoms in total. The van der Waals surface area contributed by atoms with Gasteiger partial charge in [-0.15, -0.1) is 0 Å². The lowest BCUT2D eigenvalue weighted by atomic mass is 9.88. The number of sulfonamides is 1. The zero-order valence-corrected chi connectivity index (χ0v) is 32.5. The van der Waals surface area contributed by atoms with Crippen LogP contribution in [0, 0.1) is 29.5 Å². The summed E-state index contributed by atoms with van der Waals surface area (Å²) in [6.07, 6.45) is 4.38. The Balaban J connectivity index is 1.39. The molecule has 3 aliphatic heterocycles. The smallest absolute Gasteiger partial charge is 0.408 e. The first kappa shape index (κ1) is 39.5. The molecule has 0 aromatic heterocycles. The zero-order chi connectivity index (χ0) is 39.5. The number of carboxylic acid groups (broad SMARTS) is 1. The van der Waals surface area contributed by atoms with Gasteiger partial charge in [-0.25, -0.2) is 22.4 Å². The fourth-order valence-corrected chi connectivity index (χ4v) is 9.71. The molecule has 54 heavy (non-hydrogen) atoms. The van der Waals surface area contributed by atoms with Crippen LogP contribution in [0.25, 0.3) is 0 Å². The van der Waals surface area contributed by atoms with Crippen LogP contribution in [0.4, 0.5) is 14.0 Å². The Morgan fingerprint density at radius 1 is 1.11 bits per heavy atom. The van der Waals surface area contributed by atoms with E-state index in [1.54, 1.807) is 33.8 Å². The maximum Gasteiger partial charge on any atom is 0.408 e. The van der Waals surface area contributed by atoms with Crippen LogP contribution in [0.2, 0.25) is 0 Å². The van der Waals surface area contributed by atoms with Gasteiger partial charge in [-0.3, -0.25) is 24.0 Å². The number of benzene rings is 1. The van der Waals surface area contributed by atoms with Gasteiger partial charge in [0.15, 0.2) is 0 Å². The van der Waals surface area contributed by atoms with Crippen molar-refractivity contribution in [2.45, 2.75) is 127 Å². The molecule has 1 aromatic rings. The lowest BCUT2D eigenvalue weighted by Gasteiger charge is -2.34. The number of amides is 5. The van der Waals surface area contributed by atoms with Gasteiger partial charge in [0.2, 0.25) is 21.8 Å². The molecule has 1 unspecified atom stereocenters. The van der Waals surface area contributed by atoms with Crippen molar-refractivity contribution in [3.8, 4) is 0 Å². The Morgan fingerprint density at radius 2 is 1.81 bits per heavy atom. The summed E-state index contributed by atoms with van der Waals surface area (Å²) < 4.78 is 48.0. The van der Waals surface area contributed by atoms with Gasteiger partial charge in [0.05, 0.1) is 17.3 Å². The van der Waals surface area contributed by atoms with Crippen molar-refractivity contribution in [2.24, 2.45) is 23.7 Å². The van der Waals surface area contributed by atoms with E-state index >= 15 is 4.39 Å². The fourth-order valence-electron chi connectivity index (χ4n) is 8.40. The van der Waals surface area contributed by atoms with Crippen LogP contribution < -0.4 is 15.4 Å². The lowest BCUT2D eigenvalue weighted by molar-refractivity contribution is -0.142. The Bertz CT molecular complexity index is 1860. The first-order valence-corrected chi connectivity index (χ1v) is 20.3. The molecule has 296 valence electrons. The number of ether oxygens (including phenoxy) is 1. The quantitative estimate of drug-likeness (QED) is 0.315. The Morgan fingerprint density at radius 3 is 2.46 bits per heavy atom. The van der Waals surface area contributed by atoms with E-state index in [2.05, 4.69) is 15.4 Å². The monoisotopic (exact) mass is 773 g/mol. The van der Waals surface area contributed by atoms with E-state index in [0.717, 1.165) is 11.3 Å². The molecular weight excluding hydrogens is 722 g/mol. The van der Waals surface area contributed by atoms with Crippen LogP contribution in [-0.2, 0) is 35.7 Å². The fraction of sp³-hybridized carbons (Fsp3) is 0.658. The maximum absolute atomic E-state index is 15.0. The second-order valence-electron chi connectivity index (χ2n) is 17.3. The normalized spacial score (nSPS) is 32.8. The van der Waals surface area contributed by atoms with Gasteiger partial charge >= 0.3 is 12.2 Å². The minimum absolute atomic E-state index is 0.0551. The van der Waals surface area contributed by atoms with E-state index < -0.39 is 97.5 Å². The van der Waals surface area contributed by atoms with E-state index in [1.807, 2.05) is 26.0 Å². The molecule has 16 heteroatoms. The number of nitrogens with one attached hydrogen (secondary N) is 3. The van der Waals surface area contributed by atoms with Crippen molar-refractivity contribution >= 4 is 39.9 Å². The van der Waals surface area contributed by atoms with Crippen molar-refractivity contribution < 1.29 is 46.6 Å². The summed E-state index contributed by atoms with van der Waals surface area (Å²) in [4.78, 5) is 71.5. The molecule has 1 aromatic carbocycles. The van der Waals surface area contributed by atoms with Crippen LogP contribution in [0.1, 0.15) is 104 Å². The third-order valence-corrected chi connectivity index (χ3v) is 14.0. The summed E-state index contributed by atoms with van der Waals surface area (Å²) in [6.45, 7) is 10.2. The maximum atomic E-state index is 15.0. The number of allylic oxidation sites excluding steroid dienone is 1. The number of alkyl carbamates (subject to hydrolysis) is 1. The van der Waals surface area contributed by atoms with Crippen molar-refractivity contribution in [3.05, 3.63) is 47.3 Å². The van der Waals surface area contributed by atoms with Gasteiger partial charge in [-0.05, 0) is 96.1 Å². The molecule has 8 atom stereocenters. The van der Waals surface area contributed by atoms with Gasteiger partial charge < -0.3 is 25.4 Å². The summed E-state index contributed by atoms with van der Waals surface area (Å²) in [6, 6.07) is 1.08. The summed E-state index contributed by atoms with van der Waals surface area (Å²) in [5, 5.41) is 15.8. The summed E-state index contributed by atoms with van der Waals surface area (Å²) in [7, 11) is -4.05. The topological polar surface area (TPSA) is 192 Å². The second-order valence-corrected chi connectivity index (χ2v) is 19.5. The molecule has 0 spiro atoms. The Hall–Kier alpha value is -4.21. The molecular formula is C38H52FN5O9S. The van der Waals surface area contributed by atoms with Crippen LogP contribution in [0.5, 0.6) is 0 Å². The molecule has 0 bridgehead atoms. The average molecular weight is 774 g/mol. The Kier molecular flexibility index (Phi) is 10.3. The Labute approximate surface area is 315 Å².